The van der Waals surface area contributed by atoms with Gasteiger partial charge < -0.3 is 4.74 Å². The summed E-state index contributed by atoms with van der Waals surface area (Å²) in [5.74, 6) is 0.526. The van der Waals surface area contributed by atoms with Crippen LogP contribution >= 0.6 is 0 Å². The maximum absolute atomic E-state index is 11.3. The molecule has 0 spiro atoms. The van der Waals surface area contributed by atoms with E-state index in [-0.39, 0.29) is 11.5 Å². The van der Waals surface area contributed by atoms with E-state index >= 15 is 0 Å². The van der Waals surface area contributed by atoms with Crippen molar-refractivity contribution in [3.63, 3.8) is 0 Å². The zero-order chi connectivity index (χ0) is 10.5. The number of hydrogen-bond donors (Lipinski definition) is 0. The molecule has 0 bridgehead atoms. The fourth-order valence-electron chi connectivity index (χ4n) is 1.08. The van der Waals surface area contributed by atoms with E-state index < -0.39 is 0 Å². The molecule has 2 heteroatoms. The van der Waals surface area contributed by atoms with Crippen LogP contribution in [-0.4, -0.2) is 18.5 Å². The summed E-state index contributed by atoms with van der Waals surface area (Å²) in [6.45, 7) is 7.99. The Balaban J connectivity index is 3.62. The van der Waals surface area contributed by atoms with E-state index in [1.165, 1.54) is 0 Å². The smallest absolute Gasteiger partial charge is 0.135 e. The monoisotopic (exact) mass is 186 g/mol. The van der Waals surface area contributed by atoms with Gasteiger partial charge >= 0.3 is 0 Å². The fraction of sp³-hybridized carbons (Fsp3) is 0.909. The predicted molar refractivity (Wildman–Crippen MR) is 54.8 cm³/mol. The summed E-state index contributed by atoms with van der Waals surface area (Å²) in [7, 11) is 1.71. The molecule has 0 aromatic heterocycles. The number of hydrogen-bond acceptors (Lipinski definition) is 2. The molecule has 0 unspecified atom stereocenters. The lowest BCUT2D eigenvalue weighted by atomic mass is 9.97. The number of carbonyl (C=O) groups excluding carboxylic acids is 1. The third-order valence-electron chi connectivity index (χ3n) is 2.40. The summed E-state index contributed by atoms with van der Waals surface area (Å²) in [6, 6.07) is 0. The molecule has 0 aromatic rings. The highest BCUT2D eigenvalue weighted by Gasteiger charge is 2.16. The number of rotatable bonds is 6. The van der Waals surface area contributed by atoms with Crippen LogP contribution in [0.2, 0.25) is 0 Å². The molecule has 0 radical (unpaired) electrons. The zero-order valence-corrected chi connectivity index (χ0v) is 9.52. The third kappa shape index (κ3) is 5.81. The van der Waals surface area contributed by atoms with Gasteiger partial charge in [-0.1, -0.05) is 13.8 Å². The van der Waals surface area contributed by atoms with Gasteiger partial charge in [-0.05, 0) is 26.7 Å². The molecule has 0 aliphatic rings. The topological polar surface area (TPSA) is 26.3 Å². The number of ether oxygens (including phenoxy) is 1. The molecule has 0 heterocycles. The van der Waals surface area contributed by atoms with Crippen molar-refractivity contribution < 1.29 is 9.53 Å². The van der Waals surface area contributed by atoms with Gasteiger partial charge in [0, 0.05) is 19.4 Å². The fourth-order valence-corrected chi connectivity index (χ4v) is 1.08. The van der Waals surface area contributed by atoms with Gasteiger partial charge in [0.15, 0.2) is 0 Å². The second-order valence-electron chi connectivity index (χ2n) is 4.44. The second kappa shape index (κ2) is 5.38. The van der Waals surface area contributed by atoms with Crippen molar-refractivity contribution in [2.24, 2.45) is 5.92 Å². The number of carbonyl (C=O) groups is 1. The van der Waals surface area contributed by atoms with Crippen LogP contribution in [0.25, 0.3) is 0 Å². The van der Waals surface area contributed by atoms with Crippen LogP contribution in [0, 0.1) is 5.92 Å². The predicted octanol–water partition coefficient (Wildman–Crippen LogP) is 2.81. The van der Waals surface area contributed by atoms with Crippen LogP contribution in [-0.2, 0) is 9.53 Å². The Morgan fingerprint density at radius 2 is 1.92 bits per heavy atom. The molecule has 0 atom stereocenters. The van der Waals surface area contributed by atoms with Crippen molar-refractivity contribution in [3.05, 3.63) is 0 Å². The molecule has 0 saturated carbocycles. The molecule has 0 aromatic carbocycles. The maximum Gasteiger partial charge on any atom is 0.135 e. The Bertz CT molecular complexity index is 159. The van der Waals surface area contributed by atoms with Crippen LogP contribution in [0.4, 0.5) is 0 Å². The van der Waals surface area contributed by atoms with Gasteiger partial charge in [0.25, 0.3) is 0 Å². The van der Waals surface area contributed by atoms with Crippen LogP contribution in [0.15, 0.2) is 0 Å². The Hall–Kier alpha value is -0.370. The summed E-state index contributed by atoms with van der Waals surface area (Å²) in [4.78, 5) is 11.3. The molecule has 0 rings (SSSR count). The largest absolute Gasteiger partial charge is 0.379 e. The average molecular weight is 186 g/mol. The molecule has 2 nitrogen and oxygen atoms in total. The Labute approximate surface area is 81.7 Å². The van der Waals surface area contributed by atoms with Crippen LogP contribution in [0.1, 0.15) is 47.0 Å². The molecule has 78 valence electrons. The normalized spacial score (nSPS) is 12.2. The molecular formula is C11H22O2. The minimum absolute atomic E-state index is 0.0861. The molecule has 0 amide bonds. The highest BCUT2D eigenvalue weighted by atomic mass is 16.5. The molecule has 0 aliphatic heterocycles. The highest BCUT2D eigenvalue weighted by molar-refractivity contribution is 5.80. The first-order chi connectivity index (χ1) is 5.89. The average Bonchev–Trinajstić information content (AvgIpc) is 2.04. The molecule has 13 heavy (non-hydrogen) atoms. The first kappa shape index (κ1) is 12.6. The summed E-state index contributed by atoms with van der Waals surface area (Å²) in [5.41, 5.74) is -0.0861. The van der Waals surface area contributed by atoms with Crippen molar-refractivity contribution in [1.29, 1.82) is 0 Å². The lowest BCUT2D eigenvalue weighted by Gasteiger charge is -2.22. The molecular weight excluding hydrogens is 164 g/mol. The van der Waals surface area contributed by atoms with Crippen LogP contribution < -0.4 is 0 Å². The van der Waals surface area contributed by atoms with Gasteiger partial charge in [0.2, 0.25) is 0 Å². The number of Topliss-reactive ketones (excluding diaryl/α,β-unsaturated/α-hetero) is 1. The van der Waals surface area contributed by atoms with E-state index in [0.29, 0.717) is 12.2 Å². The van der Waals surface area contributed by atoms with E-state index in [1.807, 2.05) is 27.7 Å². The minimum atomic E-state index is -0.0861. The summed E-state index contributed by atoms with van der Waals surface area (Å²) < 4.78 is 5.27. The lowest BCUT2D eigenvalue weighted by molar-refractivity contribution is -0.122. The van der Waals surface area contributed by atoms with Crippen LogP contribution in [0.3, 0.4) is 0 Å². The number of methoxy groups -OCH3 is 1. The van der Waals surface area contributed by atoms with Crippen molar-refractivity contribution in [1.82, 2.24) is 0 Å². The highest BCUT2D eigenvalue weighted by Crippen LogP contribution is 2.17. The van der Waals surface area contributed by atoms with Crippen molar-refractivity contribution in [3.8, 4) is 0 Å². The van der Waals surface area contributed by atoms with E-state index in [9.17, 15) is 4.79 Å². The molecule has 0 fully saturated rings. The van der Waals surface area contributed by atoms with Gasteiger partial charge in [0.1, 0.15) is 5.78 Å². The van der Waals surface area contributed by atoms with Gasteiger partial charge in [-0.3, -0.25) is 4.79 Å². The molecule has 0 aliphatic carbocycles. The van der Waals surface area contributed by atoms with Crippen molar-refractivity contribution >= 4 is 5.78 Å². The van der Waals surface area contributed by atoms with Crippen molar-refractivity contribution in [2.45, 2.75) is 52.6 Å². The summed E-state index contributed by atoms with van der Waals surface area (Å²) in [5, 5.41) is 0. The molecule has 0 N–H and O–H groups in total. The zero-order valence-electron chi connectivity index (χ0n) is 9.52. The summed E-state index contributed by atoms with van der Waals surface area (Å²) in [6.07, 6.45) is 2.56. The minimum Gasteiger partial charge on any atom is -0.379 e. The first-order valence-corrected chi connectivity index (χ1v) is 4.97. The van der Waals surface area contributed by atoms with Gasteiger partial charge in [-0.2, -0.15) is 0 Å². The Morgan fingerprint density at radius 1 is 1.38 bits per heavy atom. The third-order valence-corrected chi connectivity index (χ3v) is 2.40. The van der Waals surface area contributed by atoms with E-state index in [0.717, 1.165) is 12.8 Å². The number of ketones is 1. The van der Waals surface area contributed by atoms with Crippen LogP contribution in [0.5, 0.6) is 0 Å². The van der Waals surface area contributed by atoms with E-state index in [2.05, 4.69) is 0 Å². The maximum atomic E-state index is 11.3. The lowest BCUT2D eigenvalue weighted by Crippen LogP contribution is -2.22. The quantitative estimate of drug-likeness (QED) is 0.637. The first-order valence-electron chi connectivity index (χ1n) is 4.97. The SMILES string of the molecule is COC(C)(C)CCCC(=O)C(C)C. The van der Waals surface area contributed by atoms with E-state index in [4.69, 9.17) is 4.74 Å². The second-order valence-corrected chi connectivity index (χ2v) is 4.44. The van der Waals surface area contributed by atoms with E-state index in [1.54, 1.807) is 7.11 Å². The van der Waals surface area contributed by atoms with Gasteiger partial charge in [-0.15, -0.1) is 0 Å². The van der Waals surface area contributed by atoms with Crippen molar-refractivity contribution in [2.75, 3.05) is 7.11 Å². The Morgan fingerprint density at radius 3 is 2.31 bits per heavy atom. The van der Waals surface area contributed by atoms with Gasteiger partial charge in [0.05, 0.1) is 5.60 Å². The standard InChI is InChI=1S/C11H22O2/c1-9(2)10(12)7-6-8-11(3,4)13-5/h9H,6-8H2,1-5H3. The summed E-state index contributed by atoms with van der Waals surface area (Å²) >= 11 is 0. The van der Waals surface area contributed by atoms with Gasteiger partial charge in [-0.25, -0.2) is 0 Å². The Kier molecular flexibility index (Phi) is 5.23. The molecule has 0 saturated heterocycles.